The molecule has 0 radical (unpaired) electrons. The number of carbonyl (C=O) groups excluding carboxylic acids is 1. The Labute approximate surface area is 234 Å². The fraction of sp³-hybridized carbons (Fsp3) is 0.267. The van der Waals surface area contributed by atoms with Crippen LogP contribution in [-0.4, -0.2) is 32.7 Å². The summed E-state index contributed by atoms with van der Waals surface area (Å²) in [5.41, 5.74) is 6.98. The van der Waals surface area contributed by atoms with Gasteiger partial charge < -0.3 is 24.8 Å². The second-order valence-corrected chi connectivity index (χ2v) is 9.94. The van der Waals surface area contributed by atoms with Crippen molar-refractivity contribution in [3.05, 3.63) is 101 Å². The van der Waals surface area contributed by atoms with Gasteiger partial charge in [-0.05, 0) is 73.6 Å². The van der Waals surface area contributed by atoms with Crippen molar-refractivity contribution in [1.82, 2.24) is 19.9 Å². The monoisotopic (exact) mass is 540 g/mol. The second-order valence-electron chi connectivity index (χ2n) is 9.56. The fourth-order valence-corrected chi connectivity index (χ4v) is 5.51. The molecule has 5 rings (SSSR count). The first-order valence-corrected chi connectivity index (χ1v) is 13.4. The third kappa shape index (κ3) is 5.22. The van der Waals surface area contributed by atoms with Crippen LogP contribution < -0.4 is 20.3 Å². The Morgan fingerprint density at radius 3 is 2.67 bits per heavy atom. The number of pyridine rings is 2. The lowest BCUT2D eigenvalue weighted by atomic mass is 9.96. The van der Waals surface area contributed by atoms with E-state index in [9.17, 15) is 4.79 Å². The molecule has 200 valence electrons. The average molecular weight is 541 g/mol. The van der Waals surface area contributed by atoms with Crippen molar-refractivity contribution >= 4 is 34.6 Å². The molecule has 1 aliphatic heterocycles. The number of thiocarbonyl (C=S) groups is 1. The highest BCUT2D eigenvalue weighted by molar-refractivity contribution is 7.80. The molecule has 9 heteroatoms. The molecular formula is C30H32N6O2S. The van der Waals surface area contributed by atoms with Gasteiger partial charge in [0, 0.05) is 54.7 Å². The molecule has 4 heterocycles. The largest absolute Gasteiger partial charge is 0.494 e. The number of nitrogens with one attached hydrogen (secondary N) is 2. The summed E-state index contributed by atoms with van der Waals surface area (Å²) < 4.78 is 7.98. The van der Waals surface area contributed by atoms with Crippen LogP contribution in [0.25, 0.3) is 0 Å². The third-order valence-electron chi connectivity index (χ3n) is 7.15. The molecule has 8 nitrogen and oxygen atoms in total. The summed E-state index contributed by atoms with van der Waals surface area (Å²) in [5.74, 6) is 0.493. The Morgan fingerprint density at radius 1 is 1.13 bits per heavy atom. The van der Waals surface area contributed by atoms with Crippen molar-refractivity contribution in [1.29, 1.82) is 0 Å². The predicted molar refractivity (Wildman–Crippen MR) is 157 cm³/mol. The van der Waals surface area contributed by atoms with Crippen LogP contribution in [0.4, 0.5) is 11.4 Å². The highest BCUT2D eigenvalue weighted by Crippen LogP contribution is 2.44. The van der Waals surface area contributed by atoms with E-state index in [4.69, 9.17) is 17.0 Å². The van der Waals surface area contributed by atoms with Gasteiger partial charge in [-0.15, -0.1) is 0 Å². The van der Waals surface area contributed by atoms with Gasteiger partial charge in [-0.25, -0.2) is 0 Å². The van der Waals surface area contributed by atoms with Gasteiger partial charge in [-0.1, -0.05) is 19.1 Å². The topological polar surface area (TPSA) is 84.3 Å². The molecule has 2 N–H and O–H groups in total. The van der Waals surface area contributed by atoms with E-state index < -0.39 is 0 Å². The van der Waals surface area contributed by atoms with Gasteiger partial charge in [0.1, 0.15) is 5.75 Å². The summed E-state index contributed by atoms with van der Waals surface area (Å²) in [6, 6.07) is 17.6. The molecule has 4 aromatic rings. The van der Waals surface area contributed by atoms with Crippen molar-refractivity contribution in [2.75, 3.05) is 17.3 Å². The number of hydrogen-bond acceptors (Lipinski definition) is 5. The number of ether oxygens (including phenoxy) is 1. The Morgan fingerprint density at radius 2 is 1.97 bits per heavy atom. The Hall–Kier alpha value is -4.24. The first-order chi connectivity index (χ1) is 18.9. The predicted octanol–water partition coefficient (Wildman–Crippen LogP) is 5.48. The van der Waals surface area contributed by atoms with Crippen LogP contribution in [0.2, 0.25) is 0 Å². The Bertz CT molecular complexity index is 1490. The standard InChI is InChI=1S/C30H32N6O2S/c1-5-27(37)33-24-12-11-22(16-26(24)38-4)36-29(28(34-30(36)39)25-10-6-7-14-32-25)23-15-19(2)35(20(23)3)18-21-9-8-13-31-17-21/h6-17,28-29H,5,18H2,1-4H3,(H,33,37)(H,34,39)/t28-,29-/m0/s1. The van der Waals surface area contributed by atoms with Crippen LogP contribution in [0, 0.1) is 13.8 Å². The first-order valence-electron chi connectivity index (χ1n) is 12.9. The highest BCUT2D eigenvalue weighted by atomic mass is 32.1. The van der Waals surface area contributed by atoms with Crippen LogP contribution in [-0.2, 0) is 11.3 Å². The summed E-state index contributed by atoms with van der Waals surface area (Å²) >= 11 is 5.93. The van der Waals surface area contributed by atoms with E-state index in [1.165, 1.54) is 0 Å². The number of carbonyl (C=O) groups is 1. The maximum Gasteiger partial charge on any atom is 0.224 e. The molecule has 0 saturated carbocycles. The van der Waals surface area contributed by atoms with Crippen molar-refractivity contribution in [2.45, 2.75) is 45.8 Å². The van der Waals surface area contributed by atoms with Crippen molar-refractivity contribution in [2.24, 2.45) is 0 Å². The van der Waals surface area contributed by atoms with Gasteiger partial charge in [0.25, 0.3) is 0 Å². The van der Waals surface area contributed by atoms with Crippen molar-refractivity contribution < 1.29 is 9.53 Å². The number of aromatic nitrogens is 3. The maximum atomic E-state index is 12.1. The Balaban J connectivity index is 1.60. The molecule has 0 bridgehead atoms. The number of aryl methyl sites for hydroxylation is 1. The quantitative estimate of drug-likeness (QED) is 0.287. The number of rotatable bonds is 8. The zero-order chi connectivity index (χ0) is 27.5. The molecule has 0 aliphatic carbocycles. The van der Waals surface area contributed by atoms with Crippen molar-refractivity contribution in [3.63, 3.8) is 0 Å². The number of methoxy groups -OCH3 is 1. The molecule has 39 heavy (non-hydrogen) atoms. The van der Waals surface area contributed by atoms with Gasteiger partial charge in [0.15, 0.2) is 5.11 Å². The van der Waals surface area contributed by atoms with Crippen molar-refractivity contribution in [3.8, 4) is 5.75 Å². The summed E-state index contributed by atoms with van der Waals surface area (Å²) in [4.78, 5) is 23.2. The van der Waals surface area contributed by atoms with E-state index >= 15 is 0 Å². The summed E-state index contributed by atoms with van der Waals surface area (Å²) in [6.07, 6.45) is 5.88. The minimum absolute atomic E-state index is 0.0754. The molecule has 2 atom stereocenters. The molecule has 3 aromatic heterocycles. The van der Waals surface area contributed by atoms with Crippen LogP contribution >= 0.6 is 12.2 Å². The van der Waals surface area contributed by atoms with Crippen LogP contribution in [0.1, 0.15) is 53.6 Å². The van der Waals surface area contributed by atoms with E-state index in [2.05, 4.69) is 56.0 Å². The van der Waals surface area contributed by atoms with Gasteiger partial charge in [0.2, 0.25) is 5.91 Å². The number of anilines is 2. The SMILES string of the molecule is CCC(=O)Nc1ccc(N2C(=S)N[C@@H](c3ccccn3)[C@@H]2c2cc(C)n(Cc3cccnc3)c2C)cc1OC. The minimum Gasteiger partial charge on any atom is -0.494 e. The molecule has 0 spiro atoms. The summed E-state index contributed by atoms with van der Waals surface area (Å²) in [6.45, 7) is 6.82. The molecular weight excluding hydrogens is 508 g/mol. The lowest BCUT2D eigenvalue weighted by Gasteiger charge is -2.29. The minimum atomic E-state index is -0.170. The van der Waals surface area contributed by atoms with Crippen LogP contribution in [0.15, 0.2) is 73.2 Å². The van der Waals surface area contributed by atoms with Gasteiger partial charge in [-0.2, -0.15) is 0 Å². The van der Waals surface area contributed by atoms with Crippen LogP contribution in [0.5, 0.6) is 5.75 Å². The number of benzene rings is 1. The highest BCUT2D eigenvalue weighted by Gasteiger charge is 2.42. The number of nitrogens with zero attached hydrogens (tertiary/aromatic N) is 4. The lowest BCUT2D eigenvalue weighted by molar-refractivity contribution is -0.115. The molecule has 1 aliphatic rings. The number of amides is 1. The molecule has 1 saturated heterocycles. The van der Waals surface area contributed by atoms with Gasteiger partial charge in [0.05, 0.1) is 30.6 Å². The fourth-order valence-electron chi connectivity index (χ4n) is 5.17. The third-order valence-corrected chi connectivity index (χ3v) is 7.47. The van der Waals surface area contributed by atoms with E-state index in [1.807, 2.05) is 55.6 Å². The van der Waals surface area contributed by atoms with E-state index in [1.54, 1.807) is 19.5 Å². The molecule has 1 aromatic carbocycles. The zero-order valence-corrected chi connectivity index (χ0v) is 23.3. The summed E-state index contributed by atoms with van der Waals surface area (Å²) in [7, 11) is 1.60. The van der Waals surface area contributed by atoms with Gasteiger partial charge in [-0.3, -0.25) is 14.8 Å². The first kappa shape index (κ1) is 26.4. The Kier molecular flexibility index (Phi) is 7.60. The normalized spacial score (nSPS) is 16.7. The van der Waals surface area contributed by atoms with E-state index in [0.717, 1.165) is 40.4 Å². The molecule has 0 unspecified atom stereocenters. The zero-order valence-electron chi connectivity index (χ0n) is 22.5. The van der Waals surface area contributed by atoms with Crippen LogP contribution in [0.3, 0.4) is 0 Å². The average Bonchev–Trinajstić information content (AvgIpc) is 3.45. The lowest BCUT2D eigenvalue weighted by Crippen LogP contribution is -2.29. The molecule has 1 fully saturated rings. The second kappa shape index (κ2) is 11.2. The maximum absolute atomic E-state index is 12.1. The van der Waals surface area contributed by atoms with Gasteiger partial charge >= 0.3 is 0 Å². The smallest absolute Gasteiger partial charge is 0.224 e. The molecule has 1 amide bonds. The summed E-state index contributed by atoms with van der Waals surface area (Å²) in [5, 5.41) is 7.04. The van der Waals surface area contributed by atoms with E-state index in [0.29, 0.717) is 23.0 Å². The number of hydrogen-bond donors (Lipinski definition) is 2. The van der Waals surface area contributed by atoms with E-state index in [-0.39, 0.29) is 18.0 Å².